The van der Waals surface area contributed by atoms with E-state index in [1.54, 1.807) is 18.2 Å². The lowest BCUT2D eigenvalue weighted by Crippen LogP contribution is -2.38. The summed E-state index contributed by atoms with van der Waals surface area (Å²) in [4.78, 5) is 13.7. The molecule has 0 radical (unpaired) electrons. The first-order chi connectivity index (χ1) is 13.0. The molecule has 3 rings (SSSR count). The van der Waals surface area contributed by atoms with Crippen LogP contribution in [0.1, 0.15) is 47.3 Å². The lowest BCUT2D eigenvalue weighted by Gasteiger charge is -2.35. The lowest BCUT2D eigenvalue weighted by molar-refractivity contribution is 0.0696. The summed E-state index contributed by atoms with van der Waals surface area (Å²) in [6.45, 7) is 9.49. The maximum Gasteiger partial charge on any atom is 0.335 e. The minimum absolute atomic E-state index is 0.336. The van der Waals surface area contributed by atoms with E-state index in [0.717, 1.165) is 30.5 Å². The third-order valence-electron chi connectivity index (χ3n) is 5.28. The van der Waals surface area contributed by atoms with Crippen molar-refractivity contribution in [2.75, 3.05) is 13.1 Å². The summed E-state index contributed by atoms with van der Waals surface area (Å²) in [5, 5.41) is 12.6. The van der Waals surface area contributed by atoms with Crippen LogP contribution >= 0.6 is 0 Å². The normalized spacial score (nSPS) is 20.5. The molecule has 0 aliphatic carbocycles. The van der Waals surface area contributed by atoms with Gasteiger partial charge in [0.15, 0.2) is 0 Å². The fourth-order valence-electron chi connectivity index (χ4n) is 4.20. The Balaban J connectivity index is 1.59. The van der Waals surface area contributed by atoms with Crippen LogP contribution in [-0.2, 0) is 19.6 Å². The number of benzene rings is 2. The quantitative estimate of drug-likeness (QED) is 0.773. The molecule has 0 spiro atoms. The zero-order chi connectivity index (χ0) is 19.2. The minimum Gasteiger partial charge on any atom is -0.478 e. The van der Waals surface area contributed by atoms with Crippen molar-refractivity contribution in [3.63, 3.8) is 0 Å². The van der Waals surface area contributed by atoms with Crippen LogP contribution < -0.4 is 5.32 Å². The van der Waals surface area contributed by atoms with Crippen molar-refractivity contribution >= 4 is 5.97 Å². The minimum atomic E-state index is -0.882. The first-order valence-electron chi connectivity index (χ1n) is 9.83. The standard InChI is InChI=1S/C23H30N2O2/c1-17-10-18(2)15-25(14-17)16-22-8-4-3-7-21(22)13-24-12-19-6-5-9-20(11-19)23(26)27/h3-9,11,17-18,24H,10,12-16H2,1-2H3,(H,26,27). The van der Waals surface area contributed by atoms with Crippen molar-refractivity contribution in [2.45, 2.75) is 39.9 Å². The molecule has 2 unspecified atom stereocenters. The van der Waals surface area contributed by atoms with Gasteiger partial charge in [-0.25, -0.2) is 4.79 Å². The number of piperidine rings is 1. The highest BCUT2D eigenvalue weighted by molar-refractivity contribution is 5.87. The van der Waals surface area contributed by atoms with Gasteiger partial charge in [0.05, 0.1) is 5.56 Å². The molecule has 0 amide bonds. The Morgan fingerprint density at radius 3 is 2.44 bits per heavy atom. The highest BCUT2D eigenvalue weighted by Crippen LogP contribution is 2.23. The number of nitrogens with one attached hydrogen (secondary N) is 1. The monoisotopic (exact) mass is 366 g/mol. The number of nitrogens with zero attached hydrogens (tertiary/aromatic N) is 1. The molecule has 1 saturated heterocycles. The molecule has 2 aromatic rings. The molecule has 1 aliphatic heterocycles. The van der Waals surface area contributed by atoms with Gasteiger partial charge in [0.2, 0.25) is 0 Å². The van der Waals surface area contributed by atoms with Crippen LogP contribution in [0.2, 0.25) is 0 Å². The van der Waals surface area contributed by atoms with Gasteiger partial charge >= 0.3 is 5.97 Å². The number of aromatic carboxylic acids is 1. The fraction of sp³-hybridized carbons (Fsp3) is 0.435. The third kappa shape index (κ3) is 5.65. The summed E-state index contributed by atoms with van der Waals surface area (Å²) >= 11 is 0. The van der Waals surface area contributed by atoms with E-state index in [9.17, 15) is 4.79 Å². The second-order valence-corrected chi connectivity index (χ2v) is 8.02. The van der Waals surface area contributed by atoms with E-state index in [4.69, 9.17) is 5.11 Å². The predicted molar refractivity (Wildman–Crippen MR) is 109 cm³/mol. The van der Waals surface area contributed by atoms with E-state index in [-0.39, 0.29) is 0 Å². The zero-order valence-corrected chi connectivity index (χ0v) is 16.3. The molecule has 0 saturated carbocycles. The Hall–Kier alpha value is -2.17. The Kier molecular flexibility index (Phi) is 6.64. The summed E-state index contributed by atoms with van der Waals surface area (Å²) in [7, 11) is 0. The third-order valence-corrected chi connectivity index (χ3v) is 5.28. The molecule has 1 heterocycles. The van der Waals surface area contributed by atoms with E-state index >= 15 is 0 Å². The van der Waals surface area contributed by atoms with E-state index in [1.807, 2.05) is 6.07 Å². The van der Waals surface area contributed by atoms with Crippen LogP contribution in [0.5, 0.6) is 0 Å². The summed E-state index contributed by atoms with van der Waals surface area (Å²) in [5.74, 6) is 0.647. The van der Waals surface area contributed by atoms with Crippen LogP contribution in [0.15, 0.2) is 48.5 Å². The second kappa shape index (κ2) is 9.16. The van der Waals surface area contributed by atoms with Crippen molar-refractivity contribution in [3.05, 3.63) is 70.8 Å². The van der Waals surface area contributed by atoms with Crippen molar-refractivity contribution in [3.8, 4) is 0 Å². The van der Waals surface area contributed by atoms with Crippen LogP contribution in [0, 0.1) is 11.8 Å². The molecule has 2 aromatic carbocycles. The highest BCUT2D eigenvalue weighted by atomic mass is 16.4. The highest BCUT2D eigenvalue weighted by Gasteiger charge is 2.22. The number of carboxylic acids is 1. The van der Waals surface area contributed by atoms with Crippen molar-refractivity contribution < 1.29 is 9.90 Å². The number of carbonyl (C=O) groups is 1. The fourth-order valence-corrected chi connectivity index (χ4v) is 4.20. The van der Waals surface area contributed by atoms with Crippen LogP contribution in [0.25, 0.3) is 0 Å². The molecule has 4 heteroatoms. The van der Waals surface area contributed by atoms with E-state index in [1.165, 1.54) is 30.6 Å². The molecule has 2 atom stereocenters. The van der Waals surface area contributed by atoms with Gasteiger partial charge < -0.3 is 10.4 Å². The van der Waals surface area contributed by atoms with Gasteiger partial charge in [0.1, 0.15) is 0 Å². The Bertz CT molecular complexity index is 764. The molecule has 0 bridgehead atoms. The van der Waals surface area contributed by atoms with Crippen LogP contribution in [0.3, 0.4) is 0 Å². The zero-order valence-electron chi connectivity index (χ0n) is 16.3. The van der Waals surface area contributed by atoms with E-state index in [2.05, 4.69) is 48.3 Å². The van der Waals surface area contributed by atoms with Crippen LogP contribution in [0.4, 0.5) is 0 Å². The molecule has 4 nitrogen and oxygen atoms in total. The molecule has 0 aromatic heterocycles. The van der Waals surface area contributed by atoms with Gasteiger partial charge in [-0.15, -0.1) is 0 Å². The topological polar surface area (TPSA) is 52.6 Å². The Morgan fingerprint density at radius 2 is 1.74 bits per heavy atom. The number of hydrogen-bond acceptors (Lipinski definition) is 3. The average Bonchev–Trinajstić information content (AvgIpc) is 2.62. The molecule has 1 fully saturated rings. The lowest BCUT2D eigenvalue weighted by atomic mass is 9.91. The molecular weight excluding hydrogens is 336 g/mol. The first kappa shape index (κ1) is 19.6. The van der Waals surface area contributed by atoms with Gasteiger partial charge in [-0.1, -0.05) is 50.2 Å². The van der Waals surface area contributed by atoms with Crippen molar-refractivity contribution in [2.24, 2.45) is 11.8 Å². The molecular formula is C23H30N2O2. The van der Waals surface area contributed by atoms with Gasteiger partial charge in [0.25, 0.3) is 0 Å². The van der Waals surface area contributed by atoms with Gasteiger partial charge in [-0.2, -0.15) is 0 Å². The number of rotatable bonds is 7. The molecule has 27 heavy (non-hydrogen) atoms. The maximum atomic E-state index is 11.1. The van der Waals surface area contributed by atoms with Crippen molar-refractivity contribution in [1.82, 2.24) is 10.2 Å². The smallest absolute Gasteiger partial charge is 0.335 e. The van der Waals surface area contributed by atoms with Crippen LogP contribution in [-0.4, -0.2) is 29.1 Å². The Labute approximate surface area is 162 Å². The first-order valence-corrected chi connectivity index (χ1v) is 9.83. The van der Waals surface area contributed by atoms with E-state index < -0.39 is 5.97 Å². The molecule has 1 aliphatic rings. The number of carboxylic acid groups (broad SMARTS) is 1. The second-order valence-electron chi connectivity index (χ2n) is 8.02. The maximum absolute atomic E-state index is 11.1. The van der Waals surface area contributed by atoms with Gasteiger partial charge in [-0.05, 0) is 47.1 Å². The average molecular weight is 367 g/mol. The number of likely N-dealkylation sites (tertiary alicyclic amines) is 1. The molecule has 144 valence electrons. The summed E-state index contributed by atoms with van der Waals surface area (Å²) in [6.07, 6.45) is 1.33. The summed E-state index contributed by atoms with van der Waals surface area (Å²) in [6, 6.07) is 15.7. The van der Waals surface area contributed by atoms with Crippen molar-refractivity contribution in [1.29, 1.82) is 0 Å². The Morgan fingerprint density at radius 1 is 1.04 bits per heavy atom. The molecule has 2 N–H and O–H groups in total. The van der Waals surface area contributed by atoms with Gasteiger partial charge in [-0.3, -0.25) is 4.90 Å². The van der Waals surface area contributed by atoms with E-state index in [0.29, 0.717) is 12.1 Å². The van der Waals surface area contributed by atoms with Gasteiger partial charge in [0, 0.05) is 32.7 Å². The SMILES string of the molecule is CC1CC(C)CN(Cc2ccccc2CNCc2cccc(C(=O)O)c2)C1. The largest absolute Gasteiger partial charge is 0.478 e. The predicted octanol–water partition coefficient (Wildman–Crippen LogP) is 4.15. The summed E-state index contributed by atoms with van der Waals surface area (Å²) in [5.41, 5.74) is 4.03. The number of hydrogen-bond donors (Lipinski definition) is 2. The summed E-state index contributed by atoms with van der Waals surface area (Å²) < 4.78 is 0.